The van der Waals surface area contributed by atoms with E-state index >= 15 is 0 Å². The van der Waals surface area contributed by atoms with Gasteiger partial charge in [-0.2, -0.15) is 0 Å². The molecule has 0 unspecified atom stereocenters. The Bertz CT molecular complexity index is 1110. The summed E-state index contributed by atoms with van der Waals surface area (Å²) in [7, 11) is 0. The van der Waals surface area contributed by atoms with Crippen LogP contribution in [0.2, 0.25) is 0 Å². The molecule has 2 aliphatic heterocycles. The smallest absolute Gasteiger partial charge is 0.324 e. The number of aliphatic carboxylic acids is 1. The molecule has 1 N–H and O–H groups in total. The van der Waals surface area contributed by atoms with Crippen LogP contribution in [0.25, 0.3) is 6.08 Å². The first-order chi connectivity index (χ1) is 18.1. The van der Waals surface area contributed by atoms with Crippen molar-refractivity contribution in [1.82, 2.24) is 9.80 Å². The lowest BCUT2D eigenvalue weighted by molar-refractivity contribution is -0.137. The van der Waals surface area contributed by atoms with Gasteiger partial charge in [0.25, 0.3) is 0 Å². The molecule has 1 saturated heterocycles. The van der Waals surface area contributed by atoms with Crippen molar-refractivity contribution in [3.8, 4) is 0 Å². The minimum absolute atomic E-state index is 0.134. The van der Waals surface area contributed by atoms with Crippen molar-refractivity contribution in [2.24, 2.45) is 5.92 Å². The van der Waals surface area contributed by atoms with Crippen LogP contribution >= 0.6 is 0 Å². The molecule has 3 aliphatic rings. The van der Waals surface area contributed by atoms with E-state index in [0.29, 0.717) is 5.92 Å². The molecule has 2 aromatic carbocycles. The van der Waals surface area contributed by atoms with E-state index in [1.165, 1.54) is 16.7 Å². The number of fused-ring (bicyclic) bond motifs is 1. The Kier molecular flexibility index (Phi) is 8.24. The summed E-state index contributed by atoms with van der Waals surface area (Å²) < 4.78 is 0. The zero-order valence-electron chi connectivity index (χ0n) is 21.7. The topological polar surface area (TPSA) is 64.1 Å². The van der Waals surface area contributed by atoms with E-state index in [2.05, 4.69) is 64.4 Å². The largest absolute Gasteiger partial charge is 0.481 e. The minimum atomic E-state index is -0.708. The number of nitrogens with zero attached hydrogens (tertiary/aromatic N) is 3. The molecule has 0 aromatic heterocycles. The van der Waals surface area contributed by atoms with Crippen LogP contribution in [0, 0.1) is 5.92 Å². The number of carbonyl (C=O) groups excluding carboxylic acids is 1. The number of benzene rings is 2. The lowest BCUT2D eigenvalue weighted by Crippen LogP contribution is -2.41. The maximum absolute atomic E-state index is 13.4. The van der Waals surface area contributed by atoms with Gasteiger partial charge in [-0.25, -0.2) is 4.79 Å². The van der Waals surface area contributed by atoms with Crippen molar-refractivity contribution in [3.05, 3.63) is 71.3 Å². The third-order valence-corrected chi connectivity index (χ3v) is 8.43. The Hall–Kier alpha value is -3.12. The first-order valence-corrected chi connectivity index (χ1v) is 13.9. The van der Waals surface area contributed by atoms with E-state index in [0.717, 1.165) is 83.4 Å². The van der Waals surface area contributed by atoms with E-state index in [-0.39, 0.29) is 18.5 Å². The third kappa shape index (κ3) is 6.42. The van der Waals surface area contributed by atoms with Gasteiger partial charge in [0.2, 0.25) is 0 Å². The monoisotopic (exact) mass is 501 g/mol. The molecule has 2 amide bonds. The Labute approximate surface area is 220 Å². The van der Waals surface area contributed by atoms with Crippen molar-refractivity contribution in [2.75, 3.05) is 37.6 Å². The number of amides is 2. The molecule has 196 valence electrons. The van der Waals surface area contributed by atoms with Crippen molar-refractivity contribution in [2.45, 2.75) is 57.4 Å². The summed E-state index contributed by atoms with van der Waals surface area (Å²) >= 11 is 0. The Morgan fingerprint density at radius 1 is 0.919 bits per heavy atom. The second-order valence-corrected chi connectivity index (χ2v) is 10.8. The molecule has 0 bridgehead atoms. The molecular formula is C31H39N3O3. The second-order valence-electron chi connectivity index (χ2n) is 10.8. The highest BCUT2D eigenvalue weighted by Crippen LogP contribution is 2.33. The van der Waals surface area contributed by atoms with E-state index < -0.39 is 5.97 Å². The number of hydrogen-bond acceptors (Lipinski definition) is 3. The summed E-state index contributed by atoms with van der Waals surface area (Å²) in [6.45, 7) is 4.56. The normalized spacial score (nSPS) is 22.9. The van der Waals surface area contributed by atoms with Crippen LogP contribution in [-0.4, -0.2) is 65.7 Å². The predicted octanol–water partition coefficient (Wildman–Crippen LogP) is 5.47. The fourth-order valence-corrected chi connectivity index (χ4v) is 6.22. The molecule has 0 radical (unpaired) electrons. The lowest BCUT2D eigenvalue weighted by Gasteiger charge is -2.34. The molecular weight excluding hydrogens is 462 g/mol. The number of anilines is 1. The van der Waals surface area contributed by atoms with Gasteiger partial charge in [-0.3, -0.25) is 14.6 Å². The number of hydrogen-bond donors (Lipinski definition) is 1. The average Bonchev–Trinajstić information content (AvgIpc) is 3.18. The van der Waals surface area contributed by atoms with E-state index in [9.17, 15) is 9.59 Å². The molecule has 0 spiro atoms. The third-order valence-electron chi connectivity index (χ3n) is 8.43. The number of rotatable bonds is 8. The minimum Gasteiger partial charge on any atom is -0.481 e. The fourth-order valence-electron chi connectivity index (χ4n) is 6.22. The quantitative estimate of drug-likeness (QED) is 0.521. The van der Waals surface area contributed by atoms with Crippen molar-refractivity contribution >= 4 is 23.8 Å². The highest BCUT2D eigenvalue weighted by atomic mass is 16.4. The van der Waals surface area contributed by atoms with Gasteiger partial charge in [0.05, 0.1) is 0 Å². The van der Waals surface area contributed by atoms with Gasteiger partial charge < -0.3 is 10.0 Å². The Balaban J connectivity index is 1.15. The number of carboxylic acid groups (broad SMARTS) is 1. The SMILES string of the molecule is O=C(O)CCC1CCC(N2CCN(c3ccc4c(c3)CCN(CC=Cc3ccccc3)CC4)C2=O)CC1. The van der Waals surface area contributed by atoms with E-state index in [4.69, 9.17) is 5.11 Å². The Morgan fingerprint density at radius 2 is 1.68 bits per heavy atom. The van der Waals surface area contributed by atoms with Gasteiger partial charge >= 0.3 is 12.0 Å². The van der Waals surface area contributed by atoms with Gasteiger partial charge in [0, 0.05) is 50.9 Å². The second kappa shape index (κ2) is 12.0. The molecule has 6 heteroatoms. The summed E-state index contributed by atoms with van der Waals surface area (Å²) in [4.78, 5) is 30.8. The molecule has 0 atom stereocenters. The maximum Gasteiger partial charge on any atom is 0.324 e. The first-order valence-electron chi connectivity index (χ1n) is 13.9. The molecule has 2 fully saturated rings. The highest BCUT2D eigenvalue weighted by Gasteiger charge is 2.36. The molecule has 6 nitrogen and oxygen atoms in total. The highest BCUT2D eigenvalue weighted by molar-refractivity contribution is 5.94. The summed E-state index contributed by atoms with van der Waals surface area (Å²) in [5.41, 5.74) is 5.04. The fraction of sp³-hybridized carbons (Fsp3) is 0.484. The van der Waals surface area contributed by atoms with E-state index in [1.807, 2.05) is 11.0 Å². The summed E-state index contributed by atoms with van der Waals surface area (Å²) in [5.74, 6) is -0.222. The van der Waals surface area contributed by atoms with Gasteiger partial charge in [0.15, 0.2) is 0 Å². The molecule has 37 heavy (non-hydrogen) atoms. The lowest BCUT2D eigenvalue weighted by atomic mass is 9.83. The Morgan fingerprint density at radius 3 is 2.43 bits per heavy atom. The van der Waals surface area contributed by atoms with Crippen molar-refractivity contribution < 1.29 is 14.7 Å². The summed E-state index contributed by atoms with van der Waals surface area (Å²) in [6, 6.07) is 17.5. The van der Waals surface area contributed by atoms with Crippen LogP contribution in [0.3, 0.4) is 0 Å². The molecule has 5 rings (SSSR count). The summed E-state index contributed by atoms with van der Waals surface area (Å²) in [5, 5.41) is 8.95. The van der Waals surface area contributed by atoms with Gasteiger partial charge in [-0.05, 0) is 79.7 Å². The van der Waals surface area contributed by atoms with Crippen molar-refractivity contribution in [1.29, 1.82) is 0 Å². The van der Waals surface area contributed by atoms with Crippen LogP contribution in [0.4, 0.5) is 10.5 Å². The molecule has 1 aliphatic carbocycles. The van der Waals surface area contributed by atoms with Crippen LogP contribution in [0.1, 0.15) is 55.2 Å². The standard InChI is InChI=1S/C31H39N3O3/c35-30(36)15-10-25-8-12-28(13-9-25)33-21-22-34(31(33)37)29-14-11-26-16-19-32(20-17-27(26)23-29)18-4-7-24-5-2-1-3-6-24/h1-7,11,14,23,25,28H,8-10,12-13,15-22H2,(H,35,36). The van der Waals surface area contributed by atoms with Crippen molar-refractivity contribution in [3.63, 3.8) is 0 Å². The number of urea groups is 1. The van der Waals surface area contributed by atoms with Gasteiger partial charge in [-0.1, -0.05) is 48.6 Å². The molecule has 2 heterocycles. The van der Waals surface area contributed by atoms with E-state index in [1.54, 1.807) is 0 Å². The number of carbonyl (C=O) groups is 2. The maximum atomic E-state index is 13.4. The van der Waals surface area contributed by atoms with Crippen LogP contribution < -0.4 is 4.90 Å². The predicted molar refractivity (Wildman–Crippen MR) is 148 cm³/mol. The zero-order valence-corrected chi connectivity index (χ0v) is 21.7. The summed E-state index contributed by atoms with van der Waals surface area (Å²) in [6.07, 6.45) is 11.6. The number of carboxylic acids is 1. The molecule has 2 aromatic rings. The van der Waals surface area contributed by atoms with Gasteiger partial charge in [0.1, 0.15) is 0 Å². The molecule has 1 saturated carbocycles. The first kappa shape index (κ1) is 25.5. The average molecular weight is 502 g/mol. The zero-order chi connectivity index (χ0) is 25.6. The van der Waals surface area contributed by atoms with Crippen LogP contribution in [-0.2, 0) is 17.6 Å². The van der Waals surface area contributed by atoms with Crippen LogP contribution in [0.15, 0.2) is 54.6 Å². The van der Waals surface area contributed by atoms with Crippen LogP contribution in [0.5, 0.6) is 0 Å². The van der Waals surface area contributed by atoms with Gasteiger partial charge in [-0.15, -0.1) is 0 Å².